The van der Waals surface area contributed by atoms with Crippen LogP contribution in [-0.2, 0) is 6.54 Å². The summed E-state index contributed by atoms with van der Waals surface area (Å²) in [5, 5.41) is 0. The smallest absolute Gasteiger partial charge is 0.127 e. The van der Waals surface area contributed by atoms with Crippen molar-refractivity contribution in [1.82, 2.24) is 15.0 Å². The Morgan fingerprint density at radius 3 is 2.52 bits per heavy atom. The summed E-state index contributed by atoms with van der Waals surface area (Å²) in [5.41, 5.74) is 3.47. The number of nitrogens with zero attached hydrogens (tertiary/aromatic N) is 2. The number of hydrazine groups is 1. The average molecular weight is 292 g/mol. The molecule has 1 aliphatic rings. The molecule has 1 unspecified atom stereocenters. The van der Waals surface area contributed by atoms with Crippen LogP contribution in [0.4, 0.5) is 0 Å². The highest BCUT2D eigenvalue weighted by atomic mass is 15.3. The lowest BCUT2D eigenvalue weighted by atomic mass is 9.68. The number of rotatable bonds is 5. The van der Waals surface area contributed by atoms with E-state index in [1.54, 1.807) is 0 Å². The first-order valence-corrected chi connectivity index (χ1v) is 8.44. The normalized spacial score (nSPS) is 25.0. The quantitative estimate of drug-likeness (QED) is 0.643. The van der Waals surface area contributed by atoms with E-state index < -0.39 is 0 Å². The fourth-order valence-corrected chi connectivity index (χ4v) is 3.77. The van der Waals surface area contributed by atoms with Crippen molar-refractivity contribution in [2.24, 2.45) is 23.1 Å². The molecule has 3 N–H and O–H groups in total. The van der Waals surface area contributed by atoms with Gasteiger partial charge in [0.05, 0.1) is 6.04 Å². The third-order valence-corrected chi connectivity index (χ3v) is 5.14. The highest BCUT2D eigenvalue weighted by Crippen LogP contribution is 2.43. The number of aromatic nitrogens is 2. The molecule has 4 heteroatoms. The van der Waals surface area contributed by atoms with Crippen molar-refractivity contribution in [1.29, 1.82) is 0 Å². The lowest BCUT2D eigenvalue weighted by molar-refractivity contribution is 0.130. The van der Waals surface area contributed by atoms with E-state index in [1.165, 1.54) is 25.7 Å². The summed E-state index contributed by atoms with van der Waals surface area (Å²) < 4.78 is 2.25. The van der Waals surface area contributed by atoms with Crippen molar-refractivity contribution in [3.63, 3.8) is 0 Å². The van der Waals surface area contributed by atoms with E-state index in [2.05, 4.69) is 48.9 Å². The summed E-state index contributed by atoms with van der Waals surface area (Å²) in [4.78, 5) is 4.57. The molecule has 21 heavy (non-hydrogen) atoms. The predicted octanol–water partition coefficient (Wildman–Crippen LogP) is 3.65. The average Bonchev–Trinajstić information content (AvgIpc) is 2.88. The van der Waals surface area contributed by atoms with Crippen molar-refractivity contribution in [3.05, 3.63) is 18.2 Å². The van der Waals surface area contributed by atoms with Crippen molar-refractivity contribution in [2.75, 3.05) is 0 Å². The molecule has 1 fully saturated rings. The Morgan fingerprint density at radius 2 is 2.00 bits per heavy atom. The van der Waals surface area contributed by atoms with Gasteiger partial charge in [-0.1, -0.05) is 27.7 Å². The number of imidazole rings is 1. The van der Waals surface area contributed by atoms with Gasteiger partial charge >= 0.3 is 0 Å². The first kappa shape index (κ1) is 16.5. The van der Waals surface area contributed by atoms with Crippen molar-refractivity contribution < 1.29 is 0 Å². The molecular weight excluding hydrogens is 260 g/mol. The molecule has 1 aromatic heterocycles. The lowest BCUT2D eigenvalue weighted by Crippen LogP contribution is -2.38. The zero-order chi connectivity index (χ0) is 15.5. The summed E-state index contributed by atoms with van der Waals surface area (Å²) >= 11 is 0. The Labute approximate surface area is 129 Å². The van der Waals surface area contributed by atoms with E-state index >= 15 is 0 Å². The number of aryl methyl sites for hydroxylation is 1. The fraction of sp³-hybridized carbons (Fsp3) is 0.824. The summed E-state index contributed by atoms with van der Waals surface area (Å²) in [7, 11) is 0. The third-order valence-electron chi connectivity index (χ3n) is 5.14. The van der Waals surface area contributed by atoms with Crippen LogP contribution in [0.3, 0.4) is 0 Å². The first-order chi connectivity index (χ1) is 9.97. The van der Waals surface area contributed by atoms with Crippen LogP contribution in [0, 0.1) is 17.3 Å². The standard InChI is InChI=1S/C17H32N4/c1-5-11-21-12-10-19-16(21)15(20-18)13-6-8-14(9-7-13)17(2,3)4/h10,12-15,20H,5-9,11,18H2,1-4H3. The molecule has 0 aromatic carbocycles. The van der Waals surface area contributed by atoms with Crippen LogP contribution in [0.5, 0.6) is 0 Å². The lowest BCUT2D eigenvalue weighted by Gasteiger charge is -2.39. The van der Waals surface area contributed by atoms with Crippen molar-refractivity contribution in [2.45, 2.75) is 72.4 Å². The maximum Gasteiger partial charge on any atom is 0.127 e. The molecule has 2 rings (SSSR count). The van der Waals surface area contributed by atoms with Crippen LogP contribution in [0.15, 0.2) is 12.4 Å². The minimum atomic E-state index is 0.187. The first-order valence-electron chi connectivity index (χ1n) is 8.44. The summed E-state index contributed by atoms with van der Waals surface area (Å²) in [5.74, 6) is 8.43. The summed E-state index contributed by atoms with van der Waals surface area (Å²) in [6.07, 6.45) is 10.2. The number of hydrogen-bond donors (Lipinski definition) is 2. The maximum absolute atomic E-state index is 5.88. The van der Waals surface area contributed by atoms with Crippen LogP contribution in [0.1, 0.15) is 71.7 Å². The van der Waals surface area contributed by atoms with Crippen LogP contribution in [-0.4, -0.2) is 9.55 Å². The number of nitrogens with one attached hydrogen (secondary N) is 1. The Hall–Kier alpha value is -0.870. The van der Waals surface area contributed by atoms with Crippen molar-refractivity contribution >= 4 is 0 Å². The topological polar surface area (TPSA) is 55.9 Å². The van der Waals surface area contributed by atoms with Gasteiger partial charge in [-0.2, -0.15) is 0 Å². The molecule has 0 amide bonds. The number of nitrogens with two attached hydrogens (primary N) is 1. The zero-order valence-electron chi connectivity index (χ0n) is 14.1. The third kappa shape index (κ3) is 3.86. The van der Waals surface area contributed by atoms with E-state index in [4.69, 9.17) is 5.84 Å². The molecule has 1 saturated carbocycles. The van der Waals surface area contributed by atoms with E-state index in [-0.39, 0.29) is 6.04 Å². The largest absolute Gasteiger partial charge is 0.334 e. The van der Waals surface area contributed by atoms with E-state index in [9.17, 15) is 0 Å². The molecule has 0 radical (unpaired) electrons. The van der Waals surface area contributed by atoms with Crippen LogP contribution < -0.4 is 11.3 Å². The van der Waals surface area contributed by atoms with Gasteiger partial charge in [-0.25, -0.2) is 10.4 Å². The van der Waals surface area contributed by atoms with E-state index in [0.29, 0.717) is 11.3 Å². The molecule has 0 aliphatic heterocycles. The monoisotopic (exact) mass is 292 g/mol. The van der Waals surface area contributed by atoms with Crippen LogP contribution in [0.2, 0.25) is 0 Å². The second-order valence-electron chi connectivity index (χ2n) is 7.60. The van der Waals surface area contributed by atoms with Crippen molar-refractivity contribution in [3.8, 4) is 0 Å². The fourth-order valence-electron chi connectivity index (χ4n) is 3.77. The zero-order valence-corrected chi connectivity index (χ0v) is 14.1. The molecule has 1 aliphatic carbocycles. The van der Waals surface area contributed by atoms with Gasteiger partial charge in [0.15, 0.2) is 0 Å². The van der Waals surface area contributed by atoms with Gasteiger partial charge in [0.2, 0.25) is 0 Å². The van der Waals surface area contributed by atoms with Gasteiger partial charge in [-0.15, -0.1) is 0 Å². The minimum Gasteiger partial charge on any atom is -0.334 e. The van der Waals surface area contributed by atoms with Crippen LogP contribution in [0.25, 0.3) is 0 Å². The molecule has 1 aromatic rings. The predicted molar refractivity (Wildman–Crippen MR) is 87.5 cm³/mol. The molecule has 0 saturated heterocycles. The Balaban J connectivity index is 2.04. The molecule has 1 atom stereocenters. The molecule has 0 bridgehead atoms. The highest BCUT2D eigenvalue weighted by molar-refractivity contribution is 5.02. The summed E-state index contributed by atoms with van der Waals surface area (Å²) in [6, 6.07) is 0.187. The Kier molecular flexibility index (Phi) is 5.44. The van der Waals surface area contributed by atoms with E-state index in [0.717, 1.165) is 24.7 Å². The van der Waals surface area contributed by atoms with E-state index in [1.807, 2.05) is 6.20 Å². The van der Waals surface area contributed by atoms with Gasteiger partial charge in [0.1, 0.15) is 5.82 Å². The molecule has 4 nitrogen and oxygen atoms in total. The Morgan fingerprint density at radius 1 is 1.33 bits per heavy atom. The van der Waals surface area contributed by atoms with Gasteiger partial charge in [0, 0.05) is 18.9 Å². The second kappa shape index (κ2) is 6.93. The summed E-state index contributed by atoms with van der Waals surface area (Å²) in [6.45, 7) is 10.3. The minimum absolute atomic E-state index is 0.187. The van der Waals surface area contributed by atoms with Gasteiger partial charge in [-0.05, 0) is 49.4 Å². The molecule has 1 heterocycles. The van der Waals surface area contributed by atoms with Crippen LogP contribution >= 0.6 is 0 Å². The van der Waals surface area contributed by atoms with Gasteiger partial charge in [-0.3, -0.25) is 5.84 Å². The highest BCUT2D eigenvalue weighted by Gasteiger charge is 2.34. The SMILES string of the molecule is CCCn1ccnc1C(NN)C1CCC(C(C)(C)C)CC1. The second-order valence-corrected chi connectivity index (χ2v) is 7.60. The molecular formula is C17H32N4. The molecule has 120 valence electrons. The molecule has 0 spiro atoms. The number of hydrogen-bond acceptors (Lipinski definition) is 3. The van der Waals surface area contributed by atoms with Gasteiger partial charge < -0.3 is 4.57 Å². The maximum atomic E-state index is 5.88. The van der Waals surface area contributed by atoms with Gasteiger partial charge in [0.25, 0.3) is 0 Å². The Bertz CT molecular complexity index is 424.